The molecule has 0 atom stereocenters. The Hall–Kier alpha value is -1.23. The van der Waals surface area contributed by atoms with E-state index in [9.17, 15) is 4.79 Å². The maximum atomic E-state index is 11.0. The smallest absolute Gasteiger partial charge is 0.316 e. The molecule has 1 aromatic heterocycles. The standard InChI is InChI=1S/C9H12N2O2S/c1-2-13-8(12)6-14-9-7(10)4-3-5-11-9/h3-5H,2,6,10H2,1H3. The minimum Gasteiger partial charge on any atom is -0.465 e. The first-order chi connectivity index (χ1) is 6.74. The summed E-state index contributed by atoms with van der Waals surface area (Å²) >= 11 is 1.28. The van der Waals surface area contributed by atoms with Crippen LogP contribution in [0.5, 0.6) is 0 Å². The lowest BCUT2D eigenvalue weighted by molar-refractivity contribution is -0.139. The number of hydrogen-bond acceptors (Lipinski definition) is 5. The third kappa shape index (κ3) is 3.26. The average Bonchev–Trinajstić information content (AvgIpc) is 2.17. The Morgan fingerprint density at radius 1 is 1.71 bits per heavy atom. The van der Waals surface area contributed by atoms with E-state index < -0.39 is 0 Å². The van der Waals surface area contributed by atoms with E-state index in [1.54, 1.807) is 25.3 Å². The van der Waals surface area contributed by atoms with Crippen LogP contribution in [0.2, 0.25) is 0 Å². The average molecular weight is 212 g/mol. The molecule has 0 unspecified atom stereocenters. The molecule has 0 radical (unpaired) electrons. The zero-order valence-corrected chi connectivity index (χ0v) is 8.71. The van der Waals surface area contributed by atoms with Crippen molar-refractivity contribution in [3.05, 3.63) is 18.3 Å². The third-order valence-corrected chi connectivity index (χ3v) is 2.43. The number of pyridine rings is 1. The van der Waals surface area contributed by atoms with Crippen molar-refractivity contribution in [3.8, 4) is 0 Å². The number of aromatic nitrogens is 1. The van der Waals surface area contributed by atoms with Gasteiger partial charge in [-0.3, -0.25) is 4.79 Å². The Morgan fingerprint density at radius 3 is 3.14 bits per heavy atom. The lowest BCUT2D eigenvalue weighted by atomic mass is 10.4. The molecule has 0 aromatic carbocycles. The molecule has 14 heavy (non-hydrogen) atoms. The van der Waals surface area contributed by atoms with Crippen LogP contribution in [0, 0.1) is 0 Å². The third-order valence-electron chi connectivity index (χ3n) is 1.43. The topological polar surface area (TPSA) is 65.2 Å². The van der Waals surface area contributed by atoms with E-state index in [1.807, 2.05) is 0 Å². The number of carbonyl (C=O) groups is 1. The van der Waals surface area contributed by atoms with Gasteiger partial charge in [-0.15, -0.1) is 0 Å². The number of hydrogen-bond donors (Lipinski definition) is 1. The number of esters is 1. The van der Waals surface area contributed by atoms with Gasteiger partial charge in [0.15, 0.2) is 0 Å². The van der Waals surface area contributed by atoms with Gasteiger partial charge < -0.3 is 10.5 Å². The molecule has 1 rings (SSSR count). The molecule has 0 aliphatic carbocycles. The zero-order chi connectivity index (χ0) is 10.4. The van der Waals surface area contributed by atoms with Gasteiger partial charge in [0.2, 0.25) is 0 Å². The van der Waals surface area contributed by atoms with Gasteiger partial charge in [-0.1, -0.05) is 11.8 Å². The quantitative estimate of drug-likeness (QED) is 0.602. The lowest BCUT2D eigenvalue weighted by Gasteiger charge is -2.03. The molecule has 0 aliphatic rings. The fraction of sp³-hybridized carbons (Fsp3) is 0.333. The number of thioether (sulfide) groups is 1. The molecular formula is C9H12N2O2S. The molecule has 0 saturated heterocycles. The van der Waals surface area contributed by atoms with Gasteiger partial charge in [0, 0.05) is 6.20 Å². The van der Waals surface area contributed by atoms with Crippen molar-refractivity contribution >= 4 is 23.4 Å². The molecule has 0 fully saturated rings. The highest BCUT2D eigenvalue weighted by Gasteiger charge is 2.05. The number of nitrogens with two attached hydrogens (primary N) is 1. The number of anilines is 1. The van der Waals surface area contributed by atoms with E-state index in [0.29, 0.717) is 17.3 Å². The number of nitrogens with zero attached hydrogens (tertiary/aromatic N) is 1. The maximum absolute atomic E-state index is 11.0. The Balaban J connectivity index is 2.46. The zero-order valence-electron chi connectivity index (χ0n) is 7.90. The molecule has 0 saturated carbocycles. The van der Waals surface area contributed by atoms with Crippen LogP contribution < -0.4 is 5.73 Å². The van der Waals surface area contributed by atoms with Crippen molar-refractivity contribution in [1.29, 1.82) is 0 Å². The predicted octanol–water partition coefficient (Wildman–Crippen LogP) is 1.32. The van der Waals surface area contributed by atoms with Crippen LogP contribution in [0.3, 0.4) is 0 Å². The Labute approximate surface area is 86.8 Å². The van der Waals surface area contributed by atoms with E-state index in [4.69, 9.17) is 10.5 Å². The van der Waals surface area contributed by atoms with Gasteiger partial charge in [-0.2, -0.15) is 0 Å². The predicted molar refractivity (Wildman–Crippen MR) is 56.0 cm³/mol. The molecule has 1 heterocycles. The summed E-state index contributed by atoms with van der Waals surface area (Å²) in [5, 5.41) is 0.667. The molecule has 5 heteroatoms. The summed E-state index contributed by atoms with van der Waals surface area (Å²) in [6.07, 6.45) is 1.64. The van der Waals surface area contributed by atoms with Crippen molar-refractivity contribution in [2.75, 3.05) is 18.1 Å². The minimum atomic E-state index is -0.248. The van der Waals surface area contributed by atoms with Crippen molar-refractivity contribution < 1.29 is 9.53 Å². The normalized spacial score (nSPS) is 9.79. The number of rotatable bonds is 4. The highest BCUT2D eigenvalue weighted by atomic mass is 32.2. The molecule has 2 N–H and O–H groups in total. The summed E-state index contributed by atoms with van der Waals surface area (Å²) < 4.78 is 4.78. The van der Waals surface area contributed by atoms with Gasteiger partial charge in [0.05, 0.1) is 18.0 Å². The van der Waals surface area contributed by atoms with Crippen molar-refractivity contribution in [1.82, 2.24) is 4.98 Å². The van der Waals surface area contributed by atoms with Gasteiger partial charge >= 0.3 is 5.97 Å². The Bertz CT molecular complexity index is 317. The van der Waals surface area contributed by atoms with Crippen molar-refractivity contribution in [2.24, 2.45) is 0 Å². The molecule has 4 nitrogen and oxygen atoms in total. The second-order valence-electron chi connectivity index (χ2n) is 2.49. The van der Waals surface area contributed by atoms with Crippen LogP contribution in [0.15, 0.2) is 23.4 Å². The molecule has 0 aliphatic heterocycles. The van der Waals surface area contributed by atoms with Crippen molar-refractivity contribution in [3.63, 3.8) is 0 Å². The number of carbonyl (C=O) groups excluding carboxylic acids is 1. The van der Waals surface area contributed by atoms with Crippen LogP contribution in [0.4, 0.5) is 5.69 Å². The van der Waals surface area contributed by atoms with Gasteiger partial charge in [-0.25, -0.2) is 4.98 Å². The van der Waals surface area contributed by atoms with Crippen LogP contribution in [-0.2, 0) is 9.53 Å². The number of ether oxygens (including phenoxy) is 1. The van der Waals surface area contributed by atoms with Crippen LogP contribution in [0.25, 0.3) is 0 Å². The van der Waals surface area contributed by atoms with Crippen LogP contribution in [0.1, 0.15) is 6.92 Å². The SMILES string of the molecule is CCOC(=O)CSc1ncccc1N. The fourth-order valence-electron chi connectivity index (χ4n) is 0.854. The molecule has 0 bridgehead atoms. The molecular weight excluding hydrogens is 200 g/mol. The van der Waals surface area contributed by atoms with E-state index in [2.05, 4.69) is 4.98 Å². The lowest BCUT2D eigenvalue weighted by Crippen LogP contribution is -2.07. The summed E-state index contributed by atoms with van der Waals surface area (Å²) in [6.45, 7) is 2.18. The first kappa shape index (κ1) is 10.8. The van der Waals surface area contributed by atoms with E-state index in [-0.39, 0.29) is 11.7 Å². The second-order valence-corrected chi connectivity index (χ2v) is 3.46. The first-order valence-corrected chi connectivity index (χ1v) is 5.21. The maximum Gasteiger partial charge on any atom is 0.316 e. The van der Waals surface area contributed by atoms with Gasteiger partial charge in [0.25, 0.3) is 0 Å². The Kier molecular flexibility index (Phi) is 4.25. The summed E-state index contributed by atoms with van der Waals surface area (Å²) in [4.78, 5) is 15.1. The molecule has 0 amide bonds. The molecule has 0 spiro atoms. The van der Waals surface area contributed by atoms with Crippen LogP contribution in [-0.4, -0.2) is 23.3 Å². The summed E-state index contributed by atoms with van der Waals surface area (Å²) in [5.41, 5.74) is 6.23. The molecule has 76 valence electrons. The second kappa shape index (κ2) is 5.49. The number of nitrogen functional groups attached to an aromatic ring is 1. The monoisotopic (exact) mass is 212 g/mol. The molecule has 1 aromatic rings. The summed E-state index contributed by atoms with van der Waals surface area (Å²) in [6, 6.07) is 3.50. The highest BCUT2D eigenvalue weighted by Crippen LogP contribution is 2.21. The van der Waals surface area contributed by atoms with Gasteiger partial charge in [0.1, 0.15) is 5.03 Å². The van der Waals surface area contributed by atoms with Crippen molar-refractivity contribution in [2.45, 2.75) is 11.9 Å². The van der Waals surface area contributed by atoms with E-state index in [1.165, 1.54) is 11.8 Å². The van der Waals surface area contributed by atoms with Crippen LogP contribution >= 0.6 is 11.8 Å². The highest BCUT2D eigenvalue weighted by molar-refractivity contribution is 8.00. The Morgan fingerprint density at radius 2 is 2.50 bits per heavy atom. The first-order valence-electron chi connectivity index (χ1n) is 4.23. The van der Waals surface area contributed by atoms with E-state index >= 15 is 0 Å². The van der Waals surface area contributed by atoms with E-state index in [0.717, 1.165) is 0 Å². The minimum absolute atomic E-state index is 0.245. The summed E-state index contributed by atoms with van der Waals surface area (Å²) in [7, 11) is 0. The largest absolute Gasteiger partial charge is 0.465 e. The fourth-order valence-corrected chi connectivity index (χ4v) is 1.56. The van der Waals surface area contributed by atoms with Gasteiger partial charge in [-0.05, 0) is 19.1 Å². The summed E-state index contributed by atoms with van der Waals surface area (Å²) in [5.74, 6) is -0.00254.